The highest BCUT2D eigenvalue weighted by molar-refractivity contribution is 7.86. The number of hydrogen-bond donors (Lipinski definition) is 0. The van der Waals surface area contributed by atoms with Crippen LogP contribution in [0.3, 0.4) is 0 Å². The Kier molecular flexibility index (Phi) is 4.66. The van der Waals surface area contributed by atoms with Gasteiger partial charge in [-0.15, -0.1) is 0 Å². The molecule has 0 saturated carbocycles. The summed E-state index contributed by atoms with van der Waals surface area (Å²) in [5, 5.41) is 0. The summed E-state index contributed by atoms with van der Waals surface area (Å²) in [6.45, 7) is 4.89. The Hall–Kier alpha value is -1.18. The second-order valence-electron chi connectivity index (χ2n) is 4.62. The van der Waals surface area contributed by atoms with Crippen molar-refractivity contribution in [3.63, 3.8) is 0 Å². The molecule has 0 fully saturated rings. The largest absolute Gasteiger partial charge is 0.518 e. The summed E-state index contributed by atoms with van der Waals surface area (Å²) < 4.78 is 33.1. The molecule has 0 N–H and O–H groups in total. The van der Waals surface area contributed by atoms with Crippen LogP contribution in [-0.2, 0) is 23.5 Å². The molecule has 0 unspecified atom stereocenters. The molecule has 0 heterocycles. The van der Waals surface area contributed by atoms with Crippen LogP contribution in [0, 0.1) is 0 Å². The smallest absolute Gasteiger partial charge is 0.320 e. The number of rotatable bonds is 5. The third-order valence-electron chi connectivity index (χ3n) is 1.78. The van der Waals surface area contributed by atoms with Crippen molar-refractivity contribution in [1.29, 1.82) is 0 Å². The van der Waals surface area contributed by atoms with Crippen LogP contribution in [0.2, 0.25) is 19.6 Å². The Morgan fingerprint density at radius 1 is 1.17 bits per heavy atom. The van der Waals surface area contributed by atoms with Crippen molar-refractivity contribution in [2.45, 2.75) is 24.5 Å². The zero-order valence-corrected chi connectivity index (χ0v) is 12.4. The Labute approximate surface area is 108 Å². The van der Waals surface area contributed by atoms with E-state index in [-0.39, 0.29) is 4.90 Å². The first-order valence-electron chi connectivity index (χ1n) is 5.37. The topological polar surface area (TPSA) is 69.7 Å². The van der Waals surface area contributed by atoms with Gasteiger partial charge in [0.25, 0.3) is 10.1 Å². The monoisotopic (exact) mass is 288 g/mol. The molecule has 1 aromatic rings. The maximum absolute atomic E-state index is 11.7. The lowest BCUT2D eigenvalue weighted by atomic mass is 10.4. The third kappa shape index (κ3) is 4.99. The second-order valence-corrected chi connectivity index (χ2v) is 10.7. The first kappa shape index (κ1) is 14.9. The molecular weight excluding hydrogens is 272 g/mol. The predicted octanol–water partition coefficient (Wildman–Crippen LogP) is 1.77. The summed E-state index contributed by atoms with van der Waals surface area (Å²) in [7, 11) is -5.92. The van der Waals surface area contributed by atoms with E-state index in [4.69, 9.17) is 4.43 Å². The molecule has 18 heavy (non-hydrogen) atoms. The van der Waals surface area contributed by atoms with Gasteiger partial charge in [0.1, 0.15) is 0 Å². The molecule has 1 rings (SSSR count). The number of carbonyl (C=O) groups excluding carboxylic acids is 1. The summed E-state index contributed by atoms with van der Waals surface area (Å²) in [6.07, 6.45) is 0. The molecule has 0 bridgehead atoms. The summed E-state index contributed by atoms with van der Waals surface area (Å²) >= 11 is 0. The van der Waals surface area contributed by atoms with Crippen LogP contribution in [0.4, 0.5) is 0 Å². The van der Waals surface area contributed by atoms with E-state index in [0.717, 1.165) is 0 Å². The van der Waals surface area contributed by atoms with E-state index in [9.17, 15) is 13.2 Å². The minimum absolute atomic E-state index is 0.0193. The van der Waals surface area contributed by atoms with Gasteiger partial charge in [0.2, 0.25) is 8.32 Å². The third-order valence-corrected chi connectivity index (χ3v) is 3.90. The van der Waals surface area contributed by atoms with Gasteiger partial charge in [-0.3, -0.25) is 8.98 Å². The minimum atomic E-state index is -3.90. The van der Waals surface area contributed by atoms with E-state index in [0.29, 0.717) is 0 Å². The summed E-state index contributed by atoms with van der Waals surface area (Å²) in [5.41, 5.74) is 0. The second kappa shape index (κ2) is 5.64. The van der Waals surface area contributed by atoms with Gasteiger partial charge in [-0.2, -0.15) is 8.42 Å². The van der Waals surface area contributed by atoms with E-state index in [2.05, 4.69) is 4.18 Å². The van der Waals surface area contributed by atoms with E-state index < -0.39 is 31.0 Å². The van der Waals surface area contributed by atoms with Gasteiger partial charge < -0.3 is 4.43 Å². The Morgan fingerprint density at radius 3 is 2.22 bits per heavy atom. The lowest BCUT2D eigenvalue weighted by Crippen LogP contribution is -2.31. The number of hydrogen-bond acceptors (Lipinski definition) is 5. The zero-order valence-electron chi connectivity index (χ0n) is 10.5. The quantitative estimate of drug-likeness (QED) is 0.610. The Bertz CT molecular complexity index is 504. The number of benzene rings is 1. The molecule has 0 aromatic heterocycles. The van der Waals surface area contributed by atoms with Crippen molar-refractivity contribution < 1.29 is 21.8 Å². The van der Waals surface area contributed by atoms with Gasteiger partial charge >= 0.3 is 5.97 Å². The fourth-order valence-corrected chi connectivity index (χ4v) is 2.77. The summed E-state index contributed by atoms with van der Waals surface area (Å²) in [5.74, 6) is -0.659. The first-order chi connectivity index (χ1) is 8.21. The van der Waals surface area contributed by atoms with Gasteiger partial charge in [-0.05, 0) is 31.8 Å². The van der Waals surface area contributed by atoms with E-state index in [1.807, 2.05) is 19.6 Å². The molecule has 0 amide bonds. The van der Waals surface area contributed by atoms with E-state index in [1.165, 1.54) is 12.1 Å². The fourth-order valence-electron chi connectivity index (χ4n) is 1.15. The van der Waals surface area contributed by atoms with Crippen LogP contribution in [0.1, 0.15) is 0 Å². The van der Waals surface area contributed by atoms with Crippen molar-refractivity contribution in [2.75, 3.05) is 6.61 Å². The average Bonchev–Trinajstić information content (AvgIpc) is 2.26. The highest BCUT2D eigenvalue weighted by atomic mass is 32.2. The maximum atomic E-state index is 11.7. The van der Waals surface area contributed by atoms with Crippen LogP contribution >= 0.6 is 0 Å². The molecule has 0 aliphatic heterocycles. The van der Waals surface area contributed by atoms with Crippen LogP contribution in [-0.4, -0.2) is 29.3 Å². The van der Waals surface area contributed by atoms with E-state index >= 15 is 0 Å². The molecule has 0 radical (unpaired) electrons. The van der Waals surface area contributed by atoms with E-state index in [1.54, 1.807) is 18.2 Å². The molecule has 5 nitrogen and oxygen atoms in total. The van der Waals surface area contributed by atoms with Crippen molar-refractivity contribution in [1.82, 2.24) is 0 Å². The zero-order chi connectivity index (χ0) is 13.8. The minimum Gasteiger partial charge on any atom is -0.518 e. The van der Waals surface area contributed by atoms with Crippen molar-refractivity contribution >= 4 is 24.4 Å². The van der Waals surface area contributed by atoms with Gasteiger partial charge in [-0.25, -0.2) is 0 Å². The molecule has 7 heteroatoms. The molecule has 0 spiro atoms. The highest BCUT2D eigenvalue weighted by Gasteiger charge is 2.22. The molecule has 0 aliphatic rings. The van der Waals surface area contributed by atoms with Gasteiger partial charge in [0, 0.05) is 0 Å². The van der Waals surface area contributed by atoms with Crippen molar-refractivity contribution in [3.8, 4) is 0 Å². The Balaban J connectivity index is 2.61. The summed E-state index contributed by atoms with van der Waals surface area (Å²) in [6, 6.07) is 7.66. The van der Waals surface area contributed by atoms with Crippen LogP contribution in [0.5, 0.6) is 0 Å². The van der Waals surface area contributed by atoms with Crippen molar-refractivity contribution in [2.24, 2.45) is 0 Å². The van der Waals surface area contributed by atoms with Crippen LogP contribution in [0.15, 0.2) is 35.2 Å². The predicted molar refractivity (Wildman–Crippen MR) is 69.0 cm³/mol. The SMILES string of the molecule is C[Si](C)(C)OC(=O)COS(=O)(=O)c1ccccc1. The molecule has 100 valence electrons. The molecule has 0 aliphatic carbocycles. The fraction of sp³-hybridized carbons (Fsp3) is 0.364. The van der Waals surface area contributed by atoms with Gasteiger partial charge in [0.15, 0.2) is 6.61 Å². The van der Waals surface area contributed by atoms with Gasteiger partial charge in [-0.1, -0.05) is 18.2 Å². The van der Waals surface area contributed by atoms with Crippen LogP contribution in [0.25, 0.3) is 0 Å². The Morgan fingerprint density at radius 2 is 1.72 bits per heavy atom. The van der Waals surface area contributed by atoms with Gasteiger partial charge in [0.05, 0.1) is 4.90 Å². The lowest BCUT2D eigenvalue weighted by Gasteiger charge is -2.17. The van der Waals surface area contributed by atoms with Crippen molar-refractivity contribution in [3.05, 3.63) is 30.3 Å². The molecular formula is C11H16O5SSi. The normalized spacial score (nSPS) is 12.2. The molecule has 0 atom stereocenters. The average molecular weight is 288 g/mol. The number of carbonyl (C=O) groups is 1. The highest BCUT2D eigenvalue weighted by Crippen LogP contribution is 2.11. The standard InChI is InChI=1S/C11H16O5SSi/c1-18(2,3)16-11(12)9-15-17(13,14)10-7-5-4-6-8-10/h4-8H,9H2,1-3H3. The molecule has 0 saturated heterocycles. The summed E-state index contributed by atoms with van der Waals surface area (Å²) in [4.78, 5) is 11.4. The first-order valence-corrected chi connectivity index (χ1v) is 10.2. The molecule has 1 aromatic carbocycles. The van der Waals surface area contributed by atoms with Crippen LogP contribution < -0.4 is 0 Å². The maximum Gasteiger partial charge on any atom is 0.320 e. The lowest BCUT2D eigenvalue weighted by molar-refractivity contribution is -0.137.